The number of imide groups is 1. The van der Waals surface area contributed by atoms with Gasteiger partial charge in [0.05, 0.1) is 65.0 Å². The number of anilines is 7. The predicted molar refractivity (Wildman–Crippen MR) is 301 cm³/mol. The Labute approximate surface area is 454 Å². The molecule has 1 aliphatic carbocycles. The summed E-state index contributed by atoms with van der Waals surface area (Å²) in [6, 6.07) is 19.1. The first-order valence-electron chi connectivity index (χ1n) is 26.8. The van der Waals surface area contributed by atoms with E-state index in [4.69, 9.17) is 15.5 Å². The lowest BCUT2D eigenvalue weighted by atomic mass is 9.90. The van der Waals surface area contributed by atoms with Crippen LogP contribution in [0.25, 0.3) is 11.3 Å². The monoisotopic (exact) mass is 1050 g/mol. The number of hydrogen-bond donors (Lipinski definition) is 4. The standard InChI is InChI=1S/C59H67N13O6/c1-9-51(74)65-45-26-37(64-52-54(78-8)63-31-46(66-52)41-15-18-62-53(44(41)33-73)71-23-22-70-48(57(71)77)25-36-29-58(4,5)30-49(36)70)10-13-47(45)69-21-20-67(32-35(69)3)38-16-19-68(34(2)24-38)39-11-12-42-43(27-39)56(76)72(55(42)75)40-14-17-61-50(28-40)59(6,7)60/h9-15,17-18,25-28,31,34-35,38,73H,1,16,19-24,29-30,32-33,60H2,2-8H3,(H,64,66)(H,65,74)/t34-,35-,38?/m0/s1. The quantitative estimate of drug-likeness (QED) is 0.0652. The molecular formula is C59H67N13O6. The molecule has 6 aromatic rings. The third-order valence-electron chi connectivity index (χ3n) is 16.2. The highest BCUT2D eigenvalue weighted by atomic mass is 16.5. The average molecular weight is 1050 g/mol. The Balaban J connectivity index is 0.771. The first kappa shape index (κ1) is 52.1. The smallest absolute Gasteiger partial charge is 0.276 e. The van der Waals surface area contributed by atoms with Crippen LogP contribution in [0.15, 0.2) is 91.9 Å². The van der Waals surface area contributed by atoms with Crippen LogP contribution in [0.1, 0.15) is 108 Å². The summed E-state index contributed by atoms with van der Waals surface area (Å²) < 4.78 is 7.83. The molecule has 0 saturated carbocycles. The largest absolute Gasteiger partial charge is 0.478 e. The van der Waals surface area contributed by atoms with E-state index in [2.05, 4.69) is 79.1 Å². The molecule has 5 N–H and O–H groups in total. The summed E-state index contributed by atoms with van der Waals surface area (Å²) in [5.74, 6) is -0.322. The van der Waals surface area contributed by atoms with Crippen LogP contribution in [0.5, 0.6) is 5.88 Å². The lowest BCUT2D eigenvalue weighted by molar-refractivity contribution is -0.111. The molecule has 2 fully saturated rings. The minimum Gasteiger partial charge on any atom is -0.478 e. The van der Waals surface area contributed by atoms with Crippen LogP contribution in [-0.4, -0.2) is 116 Å². The Kier molecular flexibility index (Phi) is 13.4. The summed E-state index contributed by atoms with van der Waals surface area (Å²) in [4.78, 5) is 83.2. The van der Waals surface area contributed by atoms with Crippen molar-refractivity contribution in [3.63, 3.8) is 0 Å². The number of nitrogens with one attached hydrogen (secondary N) is 2. The Morgan fingerprint density at radius 3 is 2.41 bits per heavy atom. The highest BCUT2D eigenvalue weighted by Gasteiger charge is 2.41. The topological polar surface area (TPSA) is 221 Å². The van der Waals surface area contributed by atoms with Gasteiger partial charge < -0.3 is 40.6 Å². The van der Waals surface area contributed by atoms with Crippen molar-refractivity contribution in [2.45, 2.75) is 104 Å². The molecule has 19 nitrogen and oxygen atoms in total. The van der Waals surface area contributed by atoms with E-state index >= 15 is 0 Å². The lowest BCUT2D eigenvalue weighted by Gasteiger charge is -2.48. The molecule has 404 valence electrons. The minimum atomic E-state index is -0.742. The Morgan fingerprint density at radius 1 is 0.872 bits per heavy atom. The number of piperazine rings is 1. The number of ether oxygens (including phenoxy) is 1. The van der Waals surface area contributed by atoms with E-state index in [1.54, 1.807) is 47.8 Å². The van der Waals surface area contributed by atoms with Gasteiger partial charge in [-0.2, -0.15) is 0 Å². The maximum absolute atomic E-state index is 14.1. The fourth-order valence-corrected chi connectivity index (χ4v) is 12.3. The molecule has 4 amide bonds. The molecule has 78 heavy (non-hydrogen) atoms. The van der Waals surface area contributed by atoms with Gasteiger partial charge in [0, 0.05) is 98.0 Å². The van der Waals surface area contributed by atoms with Gasteiger partial charge in [0.1, 0.15) is 11.5 Å². The Hall–Kier alpha value is -8.00. The highest BCUT2D eigenvalue weighted by molar-refractivity contribution is 6.34. The Bertz CT molecular complexity index is 3420. The van der Waals surface area contributed by atoms with E-state index < -0.39 is 12.1 Å². The van der Waals surface area contributed by atoms with Gasteiger partial charge in [-0.05, 0) is 131 Å². The van der Waals surface area contributed by atoms with Crippen LogP contribution in [0, 0.1) is 5.41 Å². The summed E-state index contributed by atoms with van der Waals surface area (Å²) in [7, 11) is 1.51. The molecule has 4 aliphatic heterocycles. The van der Waals surface area contributed by atoms with E-state index in [9.17, 15) is 24.3 Å². The number of fused-ring (bicyclic) bond motifs is 4. The van der Waals surface area contributed by atoms with Crippen molar-refractivity contribution < 1.29 is 29.0 Å². The molecular weight excluding hydrogens is 987 g/mol. The molecule has 8 heterocycles. The number of aliphatic hydroxyl groups excluding tert-OH is 1. The van der Waals surface area contributed by atoms with E-state index in [0.717, 1.165) is 63.2 Å². The molecule has 19 heteroatoms. The van der Waals surface area contributed by atoms with Crippen LogP contribution in [-0.2, 0) is 36.3 Å². The molecule has 5 aliphatic rings. The third-order valence-corrected chi connectivity index (χ3v) is 16.2. The van der Waals surface area contributed by atoms with E-state index in [1.165, 1.54) is 29.3 Å². The van der Waals surface area contributed by atoms with Crippen molar-refractivity contribution >= 4 is 63.7 Å². The normalized spacial score (nSPS) is 20.2. The van der Waals surface area contributed by atoms with Crippen molar-refractivity contribution in [2.75, 3.05) is 70.1 Å². The number of hydrogen-bond acceptors (Lipinski definition) is 15. The van der Waals surface area contributed by atoms with Gasteiger partial charge in [-0.3, -0.25) is 34.0 Å². The van der Waals surface area contributed by atoms with Crippen molar-refractivity contribution in [1.29, 1.82) is 0 Å². The van der Waals surface area contributed by atoms with Gasteiger partial charge in [-0.1, -0.05) is 20.4 Å². The lowest BCUT2D eigenvalue weighted by Crippen LogP contribution is -2.58. The van der Waals surface area contributed by atoms with Gasteiger partial charge in [-0.15, -0.1) is 0 Å². The summed E-state index contributed by atoms with van der Waals surface area (Å²) in [6.45, 7) is 20.1. The molecule has 0 spiro atoms. The number of amides is 4. The maximum Gasteiger partial charge on any atom is 0.276 e. The second-order valence-electron chi connectivity index (χ2n) is 22.7. The molecule has 2 saturated heterocycles. The number of carbonyl (C=O) groups excluding carboxylic acids is 4. The number of pyridine rings is 2. The number of aromatic nitrogens is 5. The number of rotatable bonds is 13. The zero-order chi connectivity index (χ0) is 54.9. The number of benzene rings is 2. The van der Waals surface area contributed by atoms with Crippen LogP contribution in [0.4, 0.5) is 40.1 Å². The van der Waals surface area contributed by atoms with E-state index in [-0.39, 0.29) is 47.0 Å². The minimum absolute atomic E-state index is 0.0911. The second kappa shape index (κ2) is 20.1. The van der Waals surface area contributed by atoms with Gasteiger partial charge in [0.2, 0.25) is 5.91 Å². The Morgan fingerprint density at radius 2 is 1.67 bits per heavy atom. The number of nitrogens with two attached hydrogens (primary N) is 1. The van der Waals surface area contributed by atoms with Crippen molar-refractivity contribution in [2.24, 2.45) is 11.1 Å². The van der Waals surface area contributed by atoms with Crippen LogP contribution in [0.2, 0.25) is 0 Å². The number of nitrogens with zero attached hydrogens (tertiary/aromatic N) is 10. The number of methoxy groups -OCH3 is 1. The van der Waals surface area contributed by atoms with Crippen LogP contribution < -0.4 is 40.7 Å². The van der Waals surface area contributed by atoms with Gasteiger partial charge in [0.25, 0.3) is 23.6 Å². The SMILES string of the molecule is C=CC(=O)Nc1cc(Nc2nc(-c3ccnc(N4CCn5c(cc6c5CC(C)(C)C6)C4=O)c3CO)cnc2OC)ccc1N1CCN(C2CCN(c3ccc4c(c3)C(=O)N(c3ccnc(C(C)(C)N)c3)C4=O)[C@@H](C)C2)C[C@@H]1C. The molecule has 4 aromatic heterocycles. The average Bonchev–Trinajstić information content (AvgIpc) is 4.25. The molecule has 11 rings (SSSR count). The fourth-order valence-electron chi connectivity index (χ4n) is 12.3. The molecule has 0 radical (unpaired) electrons. The zero-order valence-corrected chi connectivity index (χ0v) is 45.3. The summed E-state index contributed by atoms with van der Waals surface area (Å²) >= 11 is 0. The number of aliphatic hydroxyl groups is 1. The first-order valence-corrected chi connectivity index (χ1v) is 26.8. The summed E-state index contributed by atoms with van der Waals surface area (Å²) in [5.41, 5.74) is 15.0. The fraction of sp³-hybridized carbons (Fsp3) is 0.390. The molecule has 0 bridgehead atoms. The summed E-state index contributed by atoms with van der Waals surface area (Å²) in [6.07, 6.45) is 9.71. The predicted octanol–water partition coefficient (Wildman–Crippen LogP) is 7.45. The van der Waals surface area contributed by atoms with Crippen molar-refractivity contribution in [1.82, 2.24) is 29.4 Å². The third kappa shape index (κ3) is 9.42. The number of carbonyl (C=O) groups is 4. The first-order chi connectivity index (χ1) is 37.3. The molecule has 1 unspecified atom stereocenters. The zero-order valence-electron chi connectivity index (χ0n) is 45.3. The van der Waals surface area contributed by atoms with Gasteiger partial charge >= 0.3 is 0 Å². The molecule has 2 aromatic carbocycles. The summed E-state index contributed by atoms with van der Waals surface area (Å²) in [5, 5.41) is 17.3. The molecule has 3 atom stereocenters. The van der Waals surface area contributed by atoms with Gasteiger partial charge in [-0.25, -0.2) is 19.9 Å². The van der Waals surface area contributed by atoms with Crippen LogP contribution >= 0.6 is 0 Å². The van der Waals surface area contributed by atoms with E-state index in [0.29, 0.717) is 87.2 Å². The highest BCUT2D eigenvalue weighted by Crippen LogP contribution is 2.42. The second-order valence-corrected chi connectivity index (χ2v) is 22.7. The van der Waals surface area contributed by atoms with Crippen molar-refractivity contribution in [3.8, 4) is 17.1 Å². The maximum atomic E-state index is 14.1. The van der Waals surface area contributed by atoms with Crippen LogP contribution in [0.3, 0.4) is 0 Å². The number of piperidine rings is 1. The van der Waals surface area contributed by atoms with E-state index in [1.807, 2.05) is 50.2 Å². The van der Waals surface area contributed by atoms with Crippen molar-refractivity contribution in [3.05, 3.63) is 131 Å². The van der Waals surface area contributed by atoms with Gasteiger partial charge in [0.15, 0.2) is 5.82 Å².